The van der Waals surface area contributed by atoms with E-state index in [1.54, 1.807) is 18.4 Å². The van der Waals surface area contributed by atoms with Crippen molar-refractivity contribution in [2.75, 3.05) is 12.4 Å². The SMILES string of the molecule is CCCCCCCCCC(=O)Nc1nc2c(s1)CCc1cc(OC)ccc1-2. The molecule has 0 unspecified atom stereocenters. The Morgan fingerprint density at radius 3 is 2.70 bits per heavy atom. The van der Waals surface area contributed by atoms with E-state index in [0.717, 1.165) is 42.3 Å². The molecule has 0 aliphatic heterocycles. The summed E-state index contributed by atoms with van der Waals surface area (Å²) < 4.78 is 5.33. The van der Waals surface area contributed by atoms with Gasteiger partial charge in [0, 0.05) is 16.9 Å². The van der Waals surface area contributed by atoms with Crippen LogP contribution in [0.15, 0.2) is 18.2 Å². The van der Waals surface area contributed by atoms with Crippen LogP contribution in [-0.2, 0) is 17.6 Å². The molecule has 1 heterocycles. The minimum atomic E-state index is 0.0876. The second-order valence-corrected chi connectivity index (χ2v) is 8.32. The molecule has 0 spiro atoms. The zero-order valence-corrected chi connectivity index (χ0v) is 17.3. The molecule has 3 rings (SSSR count). The van der Waals surface area contributed by atoms with Crippen molar-refractivity contribution in [3.8, 4) is 17.0 Å². The van der Waals surface area contributed by atoms with E-state index in [0.29, 0.717) is 6.42 Å². The molecule has 1 aromatic heterocycles. The number of hydrogen-bond donors (Lipinski definition) is 1. The van der Waals surface area contributed by atoms with E-state index in [-0.39, 0.29) is 5.91 Å². The molecule has 0 saturated carbocycles. The number of benzene rings is 1. The molecule has 0 radical (unpaired) electrons. The third-order valence-corrected chi connectivity index (χ3v) is 6.17. The predicted molar refractivity (Wildman–Crippen MR) is 113 cm³/mol. The summed E-state index contributed by atoms with van der Waals surface area (Å²) in [4.78, 5) is 18.2. The van der Waals surface area contributed by atoms with Gasteiger partial charge < -0.3 is 10.1 Å². The standard InChI is InChI=1S/C22H30N2O2S/c1-3-4-5-6-7-8-9-10-20(25)23-22-24-21-18-13-12-17(26-2)15-16(18)11-14-19(21)27-22/h12-13,15H,3-11,14H2,1-2H3,(H,23,24,25). The van der Waals surface area contributed by atoms with E-state index in [1.165, 1.54) is 48.1 Å². The number of nitrogens with zero attached hydrogens (tertiary/aromatic N) is 1. The number of nitrogens with one attached hydrogen (secondary N) is 1. The van der Waals surface area contributed by atoms with Crippen LogP contribution in [0.3, 0.4) is 0 Å². The third-order valence-electron chi connectivity index (χ3n) is 5.14. The Bertz CT molecular complexity index is 770. The smallest absolute Gasteiger partial charge is 0.226 e. The van der Waals surface area contributed by atoms with Gasteiger partial charge in [-0.3, -0.25) is 4.79 Å². The predicted octanol–water partition coefficient (Wildman–Crippen LogP) is 6.00. The molecule has 5 heteroatoms. The molecule has 146 valence electrons. The fourth-order valence-electron chi connectivity index (χ4n) is 3.59. The number of rotatable bonds is 10. The number of ether oxygens (including phenoxy) is 1. The van der Waals surface area contributed by atoms with Gasteiger partial charge in [0.2, 0.25) is 5.91 Å². The summed E-state index contributed by atoms with van der Waals surface area (Å²) in [7, 11) is 1.69. The molecule has 0 bridgehead atoms. The number of thiazole rings is 1. The van der Waals surface area contributed by atoms with Crippen LogP contribution in [0.2, 0.25) is 0 Å². The number of hydrogen-bond acceptors (Lipinski definition) is 4. The maximum atomic E-state index is 12.2. The zero-order valence-electron chi connectivity index (χ0n) is 16.5. The highest BCUT2D eigenvalue weighted by molar-refractivity contribution is 7.16. The third kappa shape index (κ3) is 5.32. The van der Waals surface area contributed by atoms with Crippen molar-refractivity contribution < 1.29 is 9.53 Å². The van der Waals surface area contributed by atoms with E-state index in [2.05, 4.69) is 24.4 Å². The summed E-state index contributed by atoms with van der Waals surface area (Å²) in [5.41, 5.74) is 3.46. The van der Waals surface area contributed by atoms with Crippen molar-refractivity contribution in [3.05, 3.63) is 28.6 Å². The molecule has 1 aliphatic carbocycles. The number of carbonyl (C=O) groups excluding carboxylic acids is 1. The number of aryl methyl sites for hydroxylation is 2. The summed E-state index contributed by atoms with van der Waals surface area (Å²) in [5, 5.41) is 3.74. The average molecular weight is 387 g/mol. The Morgan fingerprint density at radius 1 is 1.15 bits per heavy atom. The number of aromatic nitrogens is 1. The van der Waals surface area contributed by atoms with Gasteiger partial charge in [-0.25, -0.2) is 4.98 Å². The second kappa shape index (κ2) is 9.88. The number of anilines is 1. The second-order valence-electron chi connectivity index (χ2n) is 7.23. The van der Waals surface area contributed by atoms with Crippen LogP contribution in [0.1, 0.15) is 68.7 Å². The van der Waals surface area contributed by atoms with Crippen LogP contribution >= 0.6 is 11.3 Å². The summed E-state index contributed by atoms with van der Waals surface area (Å²) in [6.45, 7) is 2.23. The fraction of sp³-hybridized carbons (Fsp3) is 0.545. The van der Waals surface area contributed by atoms with Crippen LogP contribution in [0.25, 0.3) is 11.3 Å². The highest BCUT2D eigenvalue weighted by Gasteiger charge is 2.22. The monoisotopic (exact) mass is 386 g/mol. The van der Waals surface area contributed by atoms with Crippen molar-refractivity contribution >= 4 is 22.4 Å². The van der Waals surface area contributed by atoms with Gasteiger partial charge in [0.15, 0.2) is 5.13 Å². The molecule has 27 heavy (non-hydrogen) atoms. The highest BCUT2D eigenvalue weighted by atomic mass is 32.1. The van der Waals surface area contributed by atoms with E-state index >= 15 is 0 Å². The van der Waals surface area contributed by atoms with Crippen molar-refractivity contribution in [2.24, 2.45) is 0 Å². The van der Waals surface area contributed by atoms with Crippen molar-refractivity contribution in [1.82, 2.24) is 4.98 Å². The lowest BCUT2D eigenvalue weighted by atomic mass is 9.93. The molecule has 1 aromatic carbocycles. The van der Waals surface area contributed by atoms with Crippen LogP contribution in [0.5, 0.6) is 5.75 Å². The highest BCUT2D eigenvalue weighted by Crippen LogP contribution is 2.39. The van der Waals surface area contributed by atoms with Gasteiger partial charge in [-0.15, -0.1) is 11.3 Å². The van der Waals surface area contributed by atoms with E-state index in [9.17, 15) is 4.79 Å². The zero-order chi connectivity index (χ0) is 19.1. The Hall–Kier alpha value is -1.88. The first-order valence-corrected chi connectivity index (χ1v) is 11.0. The molecule has 0 fully saturated rings. The Labute approximate surface area is 166 Å². The lowest BCUT2D eigenvalue weighted by Gasteiger charge is -2.15. The van der Waals surface area contributed by atoms with Gasteiger partial charge in [0.1, 0.15) is 5.75 Å². The maximum Gasteiger partial charge on any atom is 0.226 e. The first-order chi connectivity index (χ1) is 13.2. The number of amides is 1. The minimum Gasteiger partial charge on any atom is -0.497 e. The van der Waals surface area contributed by atoms with Gasteiger partial charge in [0.05, 0.1) is 12.8 Å². The molecule has 0 atom stereocenters. The molecule has 1 N–H and O–H groups in total. The van der Waals surface area contributed by atoms with Crippen molar-refractivity contribution in [2.45, 2.75) is 71.1 Å². The average Bonchev–Trinajstić information content (AvgIpc) is 3.09. The topological polar surface area (TPSA) is 51.2 Å². The fourth-order valence-corrected chi connectivity index (χ4v) is 4.58. The van der Waals surface area contributed by atoms with Gasteiger partial charge in [-0.05, 0) is 43.0 Å². The number of unbranched alkanes of at least 4 members (excludes halogenated alkanes) is 6. The first-order valence-electron chi connectivity index (χ1n) is 10.2. The minimum absolute atomic E-state index is 0.0876. The van der Waals surface area contributed by atoms with E-state index in [1.807, 2.05) is 6.07 Å². The lowest BCUT2D eigenvalue weighted by molar-refractivity contribution is -0.116. The Kier molecular flexibility index (Phi) is 7.27. The largest absolute Gasteiger partial charge is 0.497 e. The summed E-state index contributed by atoms with van der Waals surface area (Å²) in [5.74, 6) is 0.972. The van der Waals surface area contributed by atoms with Crippen LogP contribution in [0.4, 0.5) is 5.13 Å². The van der Waals surface area contributed by atoms with Gasteiger partial charge in [-0.2, -0.15) is 0 Å². The van der Waals surface area contributed by atoms with Crippen LogP contribution < -0.4 is 10.1 Å². The van der Waals surface area contributed by atoms with E-state index < -0.39 is 0 Å². The molecule has 1 amide bonds. The molecule has 1 aliphatic rings. The van der Waals surface area contributed by atoms with Gasteiger partial charge in [-0.1, -0.05) is 45.4 Å². The molecular weight excluding hydrogens is 356 g/mol. The normalized spacial score (nSPS) is 12.4. The van der Waals surface area contributed by atoms with Crippen molar-refractivity contribution in [1.29, 1.82) is 0 Å². The van der Waals surface area contributed by atoms with Crippen molar-refractivity contribution in [3.63, 3.8) is 0 Å². The van der Waals surface area contributed by atoms with Crippen LogP contribution in [0, 0.1) is 0 Å². The maximum absolute atomic E-state index is 12.2. The summed E-state index contributed by atoms with van der Waals surface area (Å²) in [6, 6.07) is 6.15. The van der Waals surface area contributed by atoms with Gasteiger partial charge in [0.25, 0.3) is 0 Å². The van der Waals surface area contributed by atoms with Gasteiger partial charge >= 0.3 is 0 Å². The summed E-state index contributed by atoms with van der Waals surface area (Å²) >= 11 is 1.62. The molecule has 4 nitrogen and oxygen atoms in total. The number of carbonyl (C=O) groups is 1. The summed E-state index contributed by atoms with van der Waals surface area (Å²) in [6.07, 6.45) is 11.1. The molecular formula is C22H30N2O2S. The number of fused-ring (bicyclic) bond motifs is 3. The number of methoxy groups -OCH3 is 1. The Morgan fingerprint density at radius 2 is 1.93 bits per heavy atom. The Balaban J connectivity index is 1.51. The molecule has 0 saturated heterocycles. The van der Waals surface area contributed by atoms with Crippen LogP contribution in [-0.4, -0.2) is 18.0 Å². The quantitative estimate of drug-likeness (QED) is 0.510. The molecule has 2 aromatic rings. The first kappa shape index (κ1) is 19.9. The van der Waals surface area contributed by atoms with E-state index in [4.69, 9.17) is 9.72 Å². The lowest BCUT2D eigenvalue weighted by Crippen LogP contribution is -2.10.